The molecule has 1 heterocycles. The van der Waals surface area contributed by atoms with Crippen LogP contribution in [0, 0.1) is 0 Å². The Balaban J connectivity index is 1.58. The third kappa shape index (κ3) is 5.63. The van der Waals surface area contributed by atoms with Crippen LogP contribution in [0.15, 0.2) is 48.5 Å². The summed E-state index contributed by atoms with van der Waals surface area (Å²) in [6.07, 6.45) is 0.0323. The van der Waals surface area contributed by atoms with Gasteiger partial charge >= 0.3 is 6.03 Å². The van der Waals surface area contributed by atoms with E-state index < -0.39 is 0 Å². The summed E-state index contributed by atoms with van der Waals surface area (Å²) in [5, 5.41) is 5.77. The average molecular weight is 396 g/mol. The van der Waals surface area contributed by atoms with Crippen LogP contribution < -0.4 is 20.3 Å². The third-order valence-corrected chi connectivity index (χ3v) is 4.59. The highest BCUT2D eigenvalue weighted by molar-refractivity contribution is 5.91. The molecule has 2 aromatic rings. The van der Waals surface area contributed by atoms with Crippen LogP contribution in [0.5, 0.6) is 5.75 Å². The van der Waals surface area contributed by atoms with E-state index in [0.29, 0.717) is 24.5 Å². The molecule has 7 heteroatoms. The Hall–Kier alpha value is -3.22. The van der Waals surface area contributed by atoms with Crippen molar-refractivity contribution in [2.75, 3.05) is 41.7 Å². The summed E-state index contributed by atoms with van der Waals surface area (Å²) in [4.78, 5) is 28.0. The highest BCUT2D eigenvalue weighted by Gasteiger charge is 2.22. The molecule has 3 amide bonds. The van der Waals surface area contributed by atoms with Gasteiger partial charge in [0.05, 0.1) is 11.8 Å². The summed E-state index contributed by atoms with van der Waals surface area (Å²) in [5.41, 5.74) is 2.49. The second-order valence-corrected chi connectivity index (χ2v) is 7.30. The Bertz CT molecular complexity index is 861. The van der Waals surface area contributed by atoms with E-state index in [4.69, 9.17) is 4.74 Å². The van der Waals surface area contributed by atoms with Crippen molar-refractivity contribution in [2.45, 2.75) is 26.9 Å². The van der Waals surface area contributed by atoms with Crippen molar-refractivity contribution in [3.8, 4) is 5.75 Å². The zero-order chi connectivity index (χ0) is 20.8. The lowest BCUT2D eigenvalue weighted by molar-refractivity contribution is -0.114. The standard InChI is InChI=1S/C22H28N4O3/c1-16(2)29-21-10-5-4-9-20(21)24-22(28)26-13-11-25(12-14-26)19-8-6-7-18(15-19)23-17(3)27/h4-10,15-16H,11-14H2,1-3H3,(H,23,27)(H,24,28). The number of nitrogens with zero attached hydrogens (tertiary/aromatic N) is 2. The lowest BCUT2D eigenvalue weighted by atomic mass is 10.2. The number of amides is 3. The molecule has 0 aromatic heterocycles. The Labute approximate surface area is 171 Å². The van der Waals surface area contributed by atoms with Gasteiger partial charge in [0, 0.05) is 44.5 Å². The topological polar surface area (TPSA) is 73.9 Å². The van der Waals surface area contributed by atoms with Gasteiger partial charge in [0.15, 0.2) is 0 Å². The Morgan fingerprint density at radius 3 is 2.38 bits per heavy atom. The number of para-hydroxylation sites is 2. The molecular weight excluding hydrogens is 368 g/mol. The summed E-state index contributed by atoms with van der Waals surface area (Å²) in [6.45, 7) is 8.08. The molecule has 3 rings (SSSR count). The van der Waals surface area contributed by atoms with E-state index in [9.17, 15) is 9.59 Å². The third-order valence-electron chi connectivity index (χ3n) is 4.59. The fraction of sp³-hybridized carbons (Fsp3) is 0.364. The molecule has 0 radical (unpaired) electrons. The van der Waals surface area contributed by atoms with E-state index in [2.05, 4.69) is 15.5 Å². The van der Waals surface area contributed by atoms with E-state index >= 15 is 0 Å². The van der Waals surface area contributed by atoms with Gasteiger partial charge in [-0.2, -0.15) is 0 Å². The van der Waals surface area contributed by atoms with Crippen molar-refractivity contribution >= 4 is 29.0 Å². The van der Waals surface area contributed by atoms with Crippen molar-refractivity contribution in [3.05, 3.63) is 48.5 Å². The molecular formula is C22H28N4O3. The average Bonchev–Trinajstić information content (AvgIpc) is 2.69. The smallest absolute Gasteiger partial charge is 0.322 e. The number of nitrogens with one attached hydrogen (secondary N) is 2. The number of benzene rings is 2. The molecule has 2 aromatic carbocycles. The summed E-state index contributed by atoms with van der Waals surface area (Å²) in [6, 6.07) is 15.1. The van der Waals surface area contributed by atoms with E-state index in [1.807, 2.05) is 62.4 Å². The molecule has 0 bridgehead atoms. The van der Waals surface area contributed by atoms with Gasteiger partial charge in [-0.25, -0.2) is 4.79 Å². The quantitative estimate of drug-likeness (QED) is 0.807. The fourth-order valence-electron chi connectivity index (χ4n) is 3.27. The molecule has 0 atom stereocenters. The number of piperazine rings is 1. The first-order valence-corrected chi connectivity index (χ1v) is 9.86. The van der Waals surface area contributed by atoms with Crippen LogP contribution in [0.4, 0.5) is 21.9 Å². The first-order chi connectivity index (χ1) is 13.9. The maximum Gasteiger partial charge on any atom is 0.322 e. The van der Waals surface area contributed by atoms with Crippen LogP contribution in [-0.2, 0) is 4.79 Å². The van der Waals surface area contributed by atoms with E-state index in [1.54, 1.807) is 4.90 Å². The van der Waals surface area contributed by atoms with Gasteiger partial charge in [-0.1, -0.05) is 18.2 Å². The largest absolute Gasteiger partial charge is 0.489 e. The Morgan fingerprint density at radius 2 is 1.69 bits per heavy atom. The highest BCUT2D eigenvalue weighted by atomic mass is 16.5. The van der Waals surface area contributed by atoms with Gasteiger partial charge in [-0.15, -0.1) is 0 Å². The predicted molar refractivity (Wildman–Crippen MR) is 116 cm³/mol. The number of carbonyl (C=O) groups is 2. The molecule has 1 fully saturated rings. The predicted octanol–water partition coefficient (Wildman–Crippen LogP) is 3.79. The first kappa shape index (κ1) is 20.5. The number of ether oxygens (including phenoxy) is 1. The monoisotopic (exact) mass is 396 g/mol. The van der Waals surface area contributed by atoms with Crippen molar-refractivity contribution < 1.29 is 14.3 Å². The van der Waals surface area contributed by atoms with Crippen LogP contribution in [0.25, 0.3) is 0 Å². The molecule has 0 spiro atoms. The normalized spacial score (nSPS) is 13.9. The highest BCUT2D eigenvalue weighted by Crippen LogP contribution is 2.26. The fourth-order valence-corrected chi connectivity index (χ4v) is 3.27. The molecule has 1 aliphatic heterocycles. The van der Waals surface area contributed by atoms with Crippen molar-refractivity contribution in [3.63, 3.8) is 0 Å². The molecule has 0 saturated carbocycles. The van der Waals surface area contributed by atoms with Gasteiger partial charge in [-0.3, -0.25) is 4.79 Å². The first-order valence-electron chi connectivity index (χ1n) is 9.86. The zero-order valence-corrected chi connectivity index (χ0v) is 17.1. The van der Waals surface area contributed by atoms with Crippen LogP contribution in [0.1, 0.15) is 20.8 Å². The van der Waals surface area contributed by atoms with E-state index in [1.165, 1.54) is 6.92 Å². The second-order valence-electron chi connectivity index (χ2n) is 7.30. The summed E-state index contributed by atoms with van der Waals surface area (Å²) < 4.78 is 5.78. The van der Waals surface area contributed by atoms with Crippen molar-refractivity contribution in [2.24, 2.45) is 0 Å². The molecule has 154 valence electrons. The van der Waals surface area contributed by atoms with Crippen LogP contribution in [0.2, 0.25) is 0 Å². The van der Waals surface area contributed by atoms with Crippen molar-refractivity contribution in [1.82, 2.24) is 4.90 Å². The molecule has 2 N–H and O–H groups in total. The van der Waals surface area contributed by atoms with Crippen LogP contribution in [-0.4, -0.2) is 49.1 Å². The molecule has 7 nitrogen and oxygen atoms in total. The lowest BCUT2D eigenvalue weighted by Gasteiger charge is -2.36. The number of rotatable bonds is 5. The molecule has 0 unspecified atom stereocenters. The minimum absolute atomic E-state index is 0.0323. The zero-order valence-electron chi connectivity index (χ0n) is 17.1. The van der Waals surface area contributed by atoms with E-state index in [0.717, 1.165) is 24.5 Å². The van der Waals surface area contributed by atoms with Gasteiger partial charge < -0.3 is 25.2 Å². The summed E-state index contributed by atoms with van der Waals surface area (Å²) in [7, 11) is 0. The Kier molecular flexibility index (Phi) is 6.59. The summed E-state index contributed by atoms with van der Waals surface area (Å²) >= 11 is 0. The van der Waals surface area contributed by atoms with E-state index in [-0.39, 0.29) is 18.0 Å². The van der Waals surface area contributed by atoms with Gasteiger partial charge in [0.1, 0.15) is 5.75 Å². The van der Waals surface area contributed by atoms with Crippen LogP contribution >= 0.6 is 0 Å². The lowest BCUT2D eigenvalue weighted by Crippen LogP contribution is -2.50. The second kappa shape index (κ2) is 9.32. The SMILES string of the molecule is CC(=O)Nc1cccc(N2CCN(C(=O)Nc3ccccc3OC(C)C)CC2)c1. The number of anilines is 3. The number of hydrogen-bond acceptors (Lipinski definition) is 4. The van der Waals surface area contributed by atoms with Gasteiger partial charge in [-0.05, 0) is 44.2 Å². The van der Waals surface area contributed by atoms with Gasteiger partial charge in [0.25, 0.3) is 0 Å². The molecule has 1 saturated heterocycles. The van der Waals surface area contributed by atoms with Gasteiger partial charge in [0.2, 0.25) is 5.91 Å². The van der Waals surface area contributed by atoms with Crippen molar-refractivity contribution in [1.29, 1.82) is 0 Å². The minimum atomic E-state index is -0.128. The minimum Gasteiger partial charge on any atom is -0.489 e. The number of carbonyl (C=O) groups excluding carboxylic acids is 2. The molecule has 29 heavy (non-hydrogen) atoms. The number of hydrogen-bond donors (Lipinski definition) is 2. The molecule has 1 aliphatic rings. The van der Waals surface area contributed by atoms with Crippen LogP contribution in [0.3, 0.4) is 0 Å². The Morgan fingerprint density at radius 1 is 0.966 bits per heavy atom. The maximum absolute atomic E-state index is 12.7. The number of urea groups is 1. The molecule has 0 aliphatic carbocycles. The maximum atomic E-state index is 12.7. The summed E-state index contributed by atoms with van der Waals surface area (Å²) in [5.74, 6) is 0.578.